The predicted octanol–water partition coefficient (Wildman–Crippen LogP) is 5.04. The van der Waals surface area contributed by atoms with E-state index < -0.39 is 11.9 Å². The van der Waals surface area contributed by atoms with Crippen LogP contribution in [0, 0.1) is 0 Å². The van der Waals surface area contributed by atoms with E-state index in [0.29, 0.717) is 22.4 Å². The van der Waals surface area contributed by atoms with Crippen LogP contribution >= 0.6 is 0 Å². The summed E-state index contributed by atoms with van der Waals surface area (Å²) in [6.07, 6.45) is 3.43. The van der Waals surface area contributed by atoms with Crippen LogP contribution in [0.3, 0.4) is 0 Å². The van der Waals surface area contributed by atoms with Gasteiger partial charge in [-0.15, -0.1) is 0 Å². The number of esters is 1. The van der Waals surface area contributed by atoms with Gasteiger partial charge in [-0.1, -0.05) is 30.3 Å². The summed E-state index contributed by atoms with van der Waals surface area (Å²) in [6.45, 7) is 0.283. The van der Waals surface area contributed by atoms with Gasteiger partial charge >= 0.3 is 5.97 Å². The molecule has 4 aromatic rings. The molecule has 1 atom stereocenters. The molecule has 0 fully saturated rings. The van der Waals surface area contributed by atoms with Crippen LogP contribution in [0.4, 0.5) is 0 Å². The van der Waals surface area contributed by atoms with Gasteiger partial charge in [0.05, 0.1) is 19.1 Å². The Hall–Kier alpha value is -4.52. The molecule has 174 valence electrons. The highest BCUT2D eigenvalue weighted by Gasteiger charge is 2.35. The third kappa shape index (κ3) is 3.44. The highest BCUT2D eigenvalue weighted by molar-refractivity contribution is 5.94. The first-order chi connectivity index (χ1) is 17.0. The van der Waals surface area contributed by atoms with Crippen LogP contribution in [0.25, 0.3) is 28.2 Å². The Kier molecular flexibility index (Phi) is 4.84. The Morgan fingerprint density at radius 3 is 2.63 bits per heavy atom. The molecule has 1 aromatic heterocycles. The van der Waals surface area contributed by atoms with Crippen molar-refractivity contribution in [3.05, 3.63) is 87.8 Å². The fourth-order valence-corrected chi connectivity index (χ4v) is 4.75. The number of phenolic OH excluding ortho intramolecular Hbond substituents is 1. The van der Waals surface area contributed by atoms with Crippen molar-refractivity contribution in [3.63, 3.8) is 0 Å². The molecule has 0 spiro atoms. The van der Waals surface area contributed by atoms with Gasteiger partial charge in [0.1, 0.15) is 46.8 Å². The Balaban J connectivity index is 1.54. The lowest BCUT2D eigenvalue weighted by molar-refractivity contribution is -0.135. The summed E-state index contributed by atoms with van der Waals surface area (Å²) >= 11 is 0. The van der Waals surface area contributed by atoms with E-state index in [9.17, 15) is 14.7 Å². The van der Waals surface area contributed by atoms with E-state index in [0.717, 1.165) is 16.9 Å². The molecule has 6 rings (SSSR count). The van der Waals surface area contributed by atoms with Crippen molar-refractivity contribution in [2.24, 2.45) is 0 Å². The second-order valence-electron chi connectivity index (χ2n) is 8.50. The minimum absolute atomic E-state index is 0.0396. The minimum Gasteiger partial charge on any atom is -0.507 e. The smallest absolute Gasteiger partial charge is 0.312 e. The van der Waals surface area contributed by atoms with Crippen LogP contribution in [0.2, 0.25) is 0 Å². The molecular formula is C28H20O7. The highest BCUT2D eigenvalue weighted by Crippen LogP contribution is 2.47. The van der Waals surface area contributed by atoms with Crippen molar-refractivity contribution in [1.82, 2.24) is 0 Å². The summed E-state index contributed by atoms with van der Waals surface area (Å²) in [5.41, 5.74) is 3.04. The van der Waals surface area contributed by atoms with Crippen LogP contribution in [-0.2, 0) is 4.79 Å². The number of carbonyl (C=O) groups excluding carboxylic acids is 1. The number of ether oxygens (including phenoxy) is 3. The average Bonchev–Trinajstić information content (AvgIpc) is 2.88. The standard InChI is InChI=1S/C28H20O7/c1-32-18-8-6-15(7-9-18)20-14-34-28-25-19(17-10-16-4-2-3-5-22(16)33-13-17)11-24(30)35-23(25)12-21(29)26(28)27(20)31/h2-10,12,14,19,29H,11,13H2,1H3. The predicted molar refractivity (Wildman–Crippen MR) is 129 cm³/mol. The first-order valence-electron chi connectivity index (χ1n) is 11.1. The molecule has 0 aliphatic carbocycles. The average molecular weight is 468 g/mol. The molecule has 1 N–H and O–H groups in total. The van der Waals surface area contributed by atoms with Crippen LogP contribution in [0.5, 0.6) is 23.0 Å². The quantitative estimate of drug-likeness (QED) is 0.332. The largest absolute Gasteiger partial charge is 0.507 e. The number of hydrogen-bond acceptors (Lipinski definition) is 7. The maximum atomic E-state index is 13.5. The zero-order valence-electron chi connectivity index (χ0n) is 18.7. The first kappa shape index (κ1) is 21.0. The number of rotatable bonds is 3. The second-order valence-corrected chi connectivity index (χ2v) is 8.50. The van der Waals surface area contributed by atoms with Gasteiger partial charge in [-0.3, -0.25) is 9.59 Å². The van der Waals surface area contributed by atoms with Gasteiger partial charge in [-0.2, -0.15) is 0 Å². The lowest BCUT2D eigenvalue weighted by Gasteiger charge is -2.29. The van der Waals surface area contributed by atoms with E-state index in [4.69, 9.17) is 18.6 Å². The summed E-state index contributed by atoms with van der Waals surface area (Å²) in [4.78, 5) is 26.0. The van der Waals surface area contributed by atoms with Crippen molar-refractivity contribution in [3.8, 4) is 34.1 Å². The molecule has 0 amide bonds. The normalized spacial score (nSPS) is 16.5. The van der Waals surface area contributed by atoms with E-state index in [-0.39, 0.29) is 40.9 Å². The Bertz CT molecular complexity index is 1580. The Labute approximate surface area is 199 Å². The van der Waals surface area contributed by atoms with E-state index in [1.807, 2.05) is 30.3 Å². The van der Waals surface area contributed by atoms with E-state index >= 15 is 0 Å². The first-order valence-corrected chi connectivity index (χ1v) is 11.1. The molecule has 7 nitrogen and oxygen atoms in total. The topological polar surface area (TPSA) is 95.2 Å². The number of carbonyl (C=O) groups is 1. The van der Waals surface area contributed by atoms with E-state index in [1.165, 1.54) is 12.3 Å². The molecule has 2 aliphatic rings. The van der Waals surface area contributed by atoms with Gasteiger partial charge < -0.3 is 23.7 Å². The number of benzene rings is 3. The summed E-state index contributed by atoms with van der Waals surface area (Å²) in [5.74, 6) is 0.425. The van der Waals surface area contributed by atoms with Gasteiger partial charge in [-0.05, 0) is 35.4 Å². The van der Waals surface area contributed by atoms with Crippen molar-refractivity contribution >= 4 is 23.0 Å². The number of phenols is 1. The van der Waals surface area contributed by atoms with Crippen molar-refractivity contribution < 1.29 is 28.5 Å². The van der Waals surface area contributed by atoms with Gasteiger partial charge in [-0.25, -0.2) is 0 Å². The molecule has 0 saturated heterocycles. The lowest BCUT2D eigenvalue weighted by Crippen LogP contribution is -2.25. The monoisotopic (exact) mass is 468 g/mol. The number of para-hydroxylation sites is 1. The summed E-state index contributed by atoms with van der Waals surface area (Å²) in [5, 5.41) is 10.8. The van der Waals surface area contributed by atoms with Crippen LogP contribution in [0.15, 0.2) is 75.6 Å². The summed E-state index contributed by atoms with van der Waals surface area (Å²) in [6, 6.07) is 15.9. The molecule has 0 radical (unpaired) electrons. The van der Waals surface area contributed by atoms with E-state index in [1.54, 1.807) is 31.4 Å². The molecule has 1 unspecified atom stereocenters. The Morgan fingerprint density at radius 2 is 1.83 bits per heavy atom. The van der Waals surface area contributed by atoms with Crippen LogP contribution < -0.4 is 19.6 Å². The summed E-state index contributed by atoms with van der Waals surface area (Å²) in [7, 11) is 1.56. The maximum Gasteiger partial charge on any atom is 0.312 e. The Morgan fingerprint density at radius 1 is 1.03 bits per heavy atom. The molecule has 2 aliphatic heterocycles. The van der Waals surface area contributed by atoms with Crippen molar-refractivity contribution in [1.29, 1.82) is 0 Å². The minimum atomic E-state index is -0.433. The molecular weight excluding hydrogens is 448 g/mol. The van der Waals surface area contributed by atoms with Gasteiger partial charge in [0.15, 0.2) is 0 Å². The summed E-state index contributed by atoms with van der Waals surface area (Å²) < 4.78 is 22.5. The van der Waals surface area contributed by atoms with Gasteiger partial charge in [0, 0.05) is 23.1 Å². The zero-order valence-corrected chi connectivity index (χ0v) is 18.7. The third-order valence-electron chi connectivity index (χ3n) is 6.47. The fraction of sp³-hybridized carbons (Fsp3) is 0.143. The second kappa shape index (κ2) is 8.06. The molecule has 35 heavy (non-hydrogen) atoms. The van der Waals surface area contributed by atoms with Crippen LogP contribution in [-0.4, -0.2) is 24.8 Å². The third-order valence-corrected chi connectivity index (χ3v) is 6.47. The highest BCUT2D eigenvalue weighted by atomic mass is 16.5. The van der Waals surface area contributed by atoms with Gasteiger partial charge in [0.2, 0.25) is 5.43 Å². The van der Waals surface area contributed by atoms with Gasteiger partial charge in [0.25, 0.3) is 0 Å². The lowest BCUT2D eigenvalue weighted by atomic mass is 9.83. The fourth-order valence-electron chi connectivity index (χ4n) is 4.75. The molecule has 0 saturated carbocycles. The SMILES string of the molecule is COc1ccc(-c2coc3c4c(cc(O)c3c2=O)OC(=O)CC4C2=Cc3ccccc3OC2)cc1. The number of aromatic hydroxyl groups is 1. The van der Waals surface area contributed by atoms with Crippen molar-refractivity contribution in [2.45, 2.75) is 12.3 Å². The van der Waals surface area contributed by atoms with E-state index in [2.05, 4.69) is 0 Å². The number of fused-ring (bicyclic) bond motifs is 4. The van der Waals surface area contributed by atoms with Crippen LogP contribution in [0.1, 0.15) is 23.5 Å². The zero-order chi connectivity index (χ0) is 24.1. The molecule has 3 aromatic carbocycles. The molecule has 3 heterocycles. The number of hydrogen-bond donors (Lipinski definition) is 1. The number of methoxy groups -OCH3 is 1. The maximum absolute atomic E-state index is 13.5. The molecule has 7 heteroatoms. The van der Waals surface area contributed by atoms with Crippen molar-refractivity contribution in [2.75, 3.05) is 13.7 Å². The molecule has 0 bridgehead atoms.